The quantitative estimate of drug-likeness (QED) is 0.385. The molecule has 0 radical (unpaired) electrons. The molecule has 0 heterocycles. The number of amides is 1. The Morgan fingerprint density at radius 2 is 1.65 bits per heavy atom. The van der Waals surface area contributed by atoms with Crippen molar-refractivity contribution in [3.63, 3.8) is 0 Å². The van der Waals surface area contributed by atoms with Crippen molar-refractivity contribution in [1.82, 2.24) is 5.32 Å². The molecule has 26 heavy (non-hydrogen) atoms. The van der Waals surface area contributed by atoms with Crippen LogP contribution in [0.2, 0.25) is 18.1 Å². The van der Waals surface area contributed by atoms with Crippen molar-refractivity contribution in [2.75, 3.05) is 6.61 Å². The molecule has 0 aliphatic heterocycles. The molecule has 1 fully saturated rings. The highest BCUT2D eigenvalue weighted by Gasteiger charge is 2.39. The minimum atomic E-state index is -1.87. The fourth-order valence-electron chi connectivity index (χ4n) is 2.97. The first-order valence-corrected chi connectivity index (χ1v) is 13.8. The summed E-state index contributed by atoms with van der Waals surface area (Å²) in [6.45, 7) is 17.4. The first-order valence-electron chi connectivity index (χ1n) is 10.0. The van der Waals surface area contributed by atoms with Crippen LogP contribution >= 0.6 is 15.9 Å². The van der Waals surface area contributed by atoms with Gasteiger partial charge < -0.3 is 14.5 Å². The Labute approximate surface area is 170 Å². The lowest BCUT2D eigenvalue weighted by Crippen LogP contribution is -2.51. The number of hydrogen-bond acceptors (Lipinski definition) is 3. The van der Waals surface area contributed by atoms with Gasteiger partial charge in [-0.1, -0.05) is 56.0 Å². The maximum absolute atomic E-state index is 12.4. The van der Waals surface area contributed by atoms with Crippen LogP contribution in [0.15, 0.2) is 0 Å². The van der Waals surface area contributed by atoms with Gasteiger partial charge in [0, 0.05) is 4.83 Å². The van der Waals surface area contributed by atoms with Gasteiger partial charge >= 0.3 is 6.09 Å². The summed E-state index contributed by atoms with van der Waals surface area (Å²) in [6, 6.07) is -0.0814. The molecule has 4 nitrogen and oxygen atoms in total. The van der Waals surface area contributed by atoms with E-state index in [1.807, 2.05) is 20.8 Å². The summed E-state index contributed by atoms with van der Waals surface area (Å²) in [6.07, 6.45) is 5.93. The summed E-state index contributed by atoms with van der Waals surface area (Å²) in [4.78, 5) is 12.6. The number of halogens is 1. The molecule has 1 aliphatic carbocycles. The van der Waals surface area contributed by atoms with Crippen molar-refractivity contribution in [2.45, 2.75) is 108 Å². The highest BCUT2D eigenvalue weighted by atomic mass is 79.9. The molecule has 1 saturated carbocycles. The summed E-state index contributed by atoms with van der Waals surface area (Å²) in [5, 5.41) is 3.23. The smallest absolute Gasteiger partial charge is 0.407 e. The van der Waals surface area contributed by atoms with Crippen LogP contribution in [0.3, 0.4) is 0 Å². The molecule has 0 spiro atoms. The SMILES string of the molecule is CC(C)(C)OC(=O)N[C@@H](CO[Si](C)(C)C(C)(C)C)[C@H](Br)C1CCCCC1. The Bertz CT molecular complexity index is 451. The lowest BCUT2D eigenvalue weighted by Gasteiger charge is -2.39. The summed E-state index contributed by atoms with van der Waals surface area (Å²) in [7, 11) is -1.87. The third kappa shape index (κ3) is 7.89. The van der Waals surface area contributed by atoms with Crippen LogP contribution in [0.4, 0.5) is 4.79 Å². The zero-order valence-corrected chi connectivity index (χ0v) is 20.7. The largest absolute Gasteiger partial charge is 0.444 e. The molecule has 6 heteroatoms. The minimum Gasteiger partial charge on any atom is -0.444 e. The van der Waals surface area contributed by atoms with E-state index in [1.165, 1.54) is 32.1 Å². The minimum absolute atomic E-state index is 0.0814. The van der Waals surface area contributed by atoms with Gasteiger partial charge in [-0.05, 0) is 57.7 Å². The first-order chi connectivity index (χ1) is 11.7. The van der Waals surface area contributed by atoms with E-state index in [9.17, 15) is 4.79 Å². The van der Waals surface area contributed by atoms with E-state index < -0.39 is 13.9 Å². The monoisotopic (exact) mass is 449 g/mol. The van der Waals surface area contributed by atoms with Gasteiger partial charge in [-0.2, -0.15) is 0 Å². The highest BCUT2D eigenvalue weighted by Crippen LogP contribution is 2.37. The van der Waals surface area contributed by atoms with E-state index in [-0.39, 0.29) is 22.0 Å². The molecule has 0 saturated heterocycles. The van der Waals surface area contributed by atoms with E-state index in [2.05, 4.69) is 55.1 Å². The molecule has 0 bridgehead atoms. The molecule has 0 aromatic carbocycles. The number of rotatable bonds is 6. The van der Waals surface area contributed by atoms with Crippen molar-refractivity contribution < 1.29 is 14.0 Å². The van der Waals surface area contributed by atoms with Crippen molar-refractivity contribution in [3.8, 4) is 0 Å². The molecule has 2 atom stereocenters. The lowest BCUT2D eigenvalue weighted by atomic mass is 9.85. The van der Waals surface area contributed by atoms with E-state index in [1.54, 1.807) is 0 Å². The summed E-state index contributed by atoms with van der Waals surface area (Å²) in [5.41, 5.74) is -0.498. The second-order valence-electron chi connectivity index (χ2n) is 10.2. The summed E-state index contributed by atoms with van der Waals surface area (Å²) in [5.74, 6) is 0.576. The van der Waals surface area contributed by atoms with Crippen LogP contribution in [0.1, 0.15) is 73.6 Å². The molecule has 1 rings (SSSR count). The number of ether oxygens (including phenoxy) is 1. The van der Waals surface area contributed by atoms with E-state index in [0.717, 1.165) is 0 Å². The summed E-state index contributed by atoms with van der Waals surface area (Å²) >= 11 is 3.90. The number of alkyl carbamates (subject to hydrolysis) is 1. The second kappa shape index (κ2) is 9.42. The first kappa shape index (κ1) is 24.0. The van der Waals surface area contributed by atoms with Crippen LogP contribution in [-0.2, 0) is 9.16 Å². The Kier molecular flexibility index (Phi) is 8.68. The fourth-order valence-corrected chi connectivity index (χ4v) is 4.81. The molecule has 154 valence electrons. The van der Waals surface area contributed by atoms with Crippen molar-refractivity contribution in [2.24, 2.45) is 5.92 Å². The Morgan fingerprint density at radius 1 is 1.12 bits per heavy atom. The molecular weight excluding hydrogens is 410 g/mol. The van der Waals surface area contributed by atoms with E-state index >= 15 is 0 Å². The number of carbonyl (C=O) groups excluding carboxylic acids is 1. The normalized spacial score (nSPS) is 19.7. The van der Waals surface area contributed by atoms with Gasteiger partial charge in [-0.15, -0.1) is 0 Å². The Hall–Kier alpha value is -0.0731. The predicted molar refractivity (Wildman–Crippen MR) is 116 cm³/mol. The van der Waals surface area contributed by atoms with Crippen molar-refractivity contribution in [1.29, 1.82) is 0 Å². The van der Waals surface area contributed by atoms with Crippen LogP contribution in [0.25, 0.3) is 0 Å². The molecule has 1 aliphatic rings. The van der Waals surface area contributed by atoms with Gasteiger partial charge in [0.1, 0.15) is 5.60 Å². The number of hydrogen-bond donors (Lipinski definition) is 1. The maximum Gasteiger partial charge on any atom is 0.407 e. The number of carbonyl (C=O) groups is 1. The summed E-state index contributed by atoms with van der Waals surface area (Å²) < 4.78 is 11.9. The highest BCUT2D eigenvalue weighted by molar-refractivity contribution is 9.09. The van der Waals surface area contributed by atoms with Crippen LogP contribution in [-0.4, -0.2) is 37.5 Å². The third-order valence-corrected chi connectivity index (χ3v) is 11.5. The molecule has 0 aromatic heterocycles. The topological polar surface area (TPSA) is 47.6 Å². The molecule has 1 amide bonds. The van der Waals surface area contributed by atoms with Gasteiger partial charge in [0.2, 0.25) is 0 Å². The average Bonchev–Trinajstić information content (AvgIpc) is 2.48. The molecule has 1 N–H and O–H groups in total. The van der Waals surface area contributed by atoms with Crippen LogP contribution < -0.4 is 5.32 Å². The van der Waals surface area contributed by atoms with Crippen molar-refractivity contribution >= 4 is 30.3 Å². The standard InChI is InChI=1S/C20H40BrNO3Si/c1-19(2,3)25-18(23)22-16(14-24-26(7,8)20(4,5)6)17(21)15-12-10-9-11-13-15/h15-17H,9-14H2,1-8H3,(H,22,23)/t16-,17+/m0/s1. The average molecular weight is 451 g/mol. The van der Waals surface area contributed by atoms with Gasteiger partial charge in [0.15, 0.2) is 8.32 Å². The predicted octanol–water partition coefficient (Wildman–Crippen LogP) is 6.25. The number of nitrogens with one attached hydrogen (secondary N) is 1. The maximum atomic E-state index is 12.4. The second-order valence-corrected chi connectivity index (χ2v) is 16.0. The van der Waals surface area contributed by atoms with Crippen LogP contribution in [0, 0.1) is 5.92 Å². The zero-order valence-electron chi connectivity index (χ0n) is 18.1. The zero-order chi connectivity index (χ0) is 20.2. The molecular formula is C20H40BrNO3Si. The van der Waals surface area contributed by atoms with Gasteiger partial charge in [0.05, 0.1) is 12.6 Å². The molecule has 0 aromatic rings. The molecule has 0 unspecified atom stereocenters. The van der Waals surface area contributed by atoms with Crippen molar-refractivity contribution in [3.05, 3.63) is 0 Å². The van der Waals surface area contributed by atoms with Gasteiger partial charge in [-0.3, -0.25) is 0 Å². The third-order valence-electron chi connectivity index (χ3n) is 5.62. The van der Waals surface area contributed by atoms with E-state index in [4.69, 9.17) is 9.16 Å². The Balaban J connectivity index is 2.81. The Morgan fingerprint density at radius 3 is 2.12 bits per heavy atom. The van der Waals surface area contributed by atoms with Gasteiger partial charge in [-0.25, -0.2) is 4.79 Å². The van der Waals surface area contributed by atoms with E-state index in [0.29, 0.717) is 12.5 Å². The fraction of sp³-hybridized carbons (Fsp3) is 0.950. The number of alkyl halides is 1. The lowest BCUT2D eigenvalue weighted by molar-refractivity contribution is 0.0476. The van der Waals surface area contributed by atoms with Gasteiger partial charge in [0.25, 0.3) is 0 Å². The van der Waals surface area contributed by atoms with Crippen LogP contribution in [0.5, 0.6) is 0 Å².